The lowest BCUT2D eigenvalue weighted by Gasteiger charge is -2.10. The summed E-state index contributed by atoms with van der Waals surface area (Å²) in [4.78, 5) is 12.5. The highest BCUT2D eigenvalue weighted by Crippen LogP contribution is 2.22. The van der Waals surface area contributed by atoms with E-state index in [0.29, 0.717) is 5.56 Å². The molecule has 0 spiro atoms. The normalized spacial score (nSPS) is 10.3. The quantitative estimate of drug-likeness (QED) is 0.778. The number of carbonyl (C=O) groups excluding carboxylic acids is 1. The number of hydrogen-bond acceptors (Lipinski definition) is 2. The van der Waals surface area contributed by atoms with Gasteiger partial charge < -0.3 is 4.74 Å². The second kappa shape index (κ2) is 5.27. The van der Waals surface area contributed by atoms with Crippen LogP contribution in [0.2, 0.25) is 0 Å². The Morgan fingerprint density at radius 1 is 1.00 bits per heavy atom. The van der Waals surface area contributed by atoms with Crippen molar-refractivity contribution in [3.63, 3.8) is 0 Å². The number of ether oxygens (including phenoxy) is 1. The lowest BCUT2D eigenvalue weighted by molar-refractivity contribution is 0.103. The van der Waals surface area contributed by atoms with Crippen molar-refractivity contribution < 1.29 is 9.53 Å². The molecule has 0 bridgehead atoms. The first-order chi connectivity index (χ1) is 9.04. The summed E-state index contributed by atoms with van der Waals surface area (Å²) in [6.07, 6.45) is 0. The molecule has 98 valence electrons. The molecular weight excluding hydrogens is 236 g/mol. The molecule has 0 aliphatic heterocycles. The summed E-state index contributed by atoms with van der Waals surface area (Å²) < 4.78 is 5.22. The van der Waals surface area contributed by atoms with Gasteiger partial charge in [0.2, 0.25) is 0 Å². The Balaban J connectivity index is 2.44. The van der Waals surface area contributed by atoms with Crippen LogP contribution < -0.4 is 4.74 Å². The Bertz CT molecular complexity index is 627. The molecule has 0 amide bonds. The SMILES string of the molecule is COc1ccc(C(=O)c2cccc(C)c2C)cc1C. The average Bonchev–Trinajstić information content (AvgIpc) is 2.41. The number of methoxy groups -OCH3 is 1. The smallest absolute Gasteiger partial charge is 0.193 e. The van der Waals surface area contributed by atoms with Crippen molar-refractivity contribution in [3.05, 3.63) is 64.2 Å². The van der Waals surface area contributed by atoms with Crippen LogP contribution in [0.1, 0.15) is 32.6 Å². The molecule has 0 fully saturated rings. The Hall–Kier alpha value is -2.09. The van der Waals surface area contributed by atoms with E-state index < -0.39 is 0 Å². The highest BCUT2D eigenvalue weighted by atomic mass is 16.5. The number of benzene rings is 2. The molecule has 0 unspecified atom stereocenters. The fourth-order valence-electron chi connectivity index (χ4n) is 2.17. The summed E-state index contributed by atoms with van der Waals surface area (Å²) in [6, 6.07) is 11.4. The lowest BCUT2D eigenvalue weighted by Crippen LogP contribution is -2.05. The molecule has 0 saturated carbocycles. The van der Waals surface area contributed by atoms with Crippen LogP contribution in [0, 0.1) is 20.8 Å². The molecule has 0 N–H and O–H groups in total. The fourth-order valence-corrected chi connectivity index (χ4v) is 2.17. The molecule has 2 aromatic rings. The number of carbonyl (C=O) groups is 1. The second-order valence-electron chi connectivity index (χ2n) is 4.76. The first-order valence-electron chi connectivity index (χ1n) is 6.30. The zero-order valence-corrected chi connectivity index (χ0v) is 11.8. The van der Waals surface area contributed by atoms with Gasteiger partial charge in [-0.2, -0.15) is 0 Å². The van der Waals surface area contributed by atoms with Crippen LogP contribution in [0.25, 0.3) is 0 Å². The summed E-state index contributed by atoms with van der Waals surface area (Å²) >= 11 is 0. The van der Waals surface area contributed by atoms with Crippen molar-refractivity contribution in [2.75, 3.05) is 7.11 Å². The fraction of sp³-hybridized carbons (Fsp3) is 0.235. The first-order valence-corrected chi connectivity index (χ1v) is 6.30. The van der Waals surface area contributed by atoms with Crippen molar-refractivity contribution in [1.82, 2.24) is 0 Å². The predicted octanol–water partition coefficient (Wildman–Crippen LogP) is 3.85. The summed E-state index contributed by atoms with van der Waals surface area (Å²) in [5, 5.41) is 0. The molecule has 2 aromatic carbocycles. The monoisotopic (exact) mass is 254 g/mol. The minimum absolute atomic E-state index is 0.0620. The van der Waals surface area contributed by atoms with Crippen LogP contribution in [0.15, 0.2) is 36.4 Å². The van der Waals surface area contributed by atoms with E-state index in [1.807, 2.05) is 57.2 Å². The summed E-state index contributed by atoms with van der Waals surface area (Å²) in [6.45, 7) is 5.95. The molecular formula is C17H18O2. The molecule has 0 aromatic heterocycles. The van der Waals surface area contributed by atoms with Crippen LogP contribution in [0.5, 0.6) is 5.75 Å². The van der Waals surface area contributed by atoms with Gasteiger partial charge in [0.1, 0.15) is 5.75 Å². The Kier molecular flexibility index (Phi) is 3.70. The van der Waals surface area contributed by atoms with Gasteiger partial charge in [-0.25, -0.2) is 0 Å². The molecule has 0 heterocycles. The van der Waals surface area contributed by atoms with Gasteiger partial charge in [0, 0.05) is 11.1 Å². The molecule has 0 atom stereocenters. The van der Waals surface area contributed by atoms with E-state index in [1.165, 1.54) is 0 Å². The Labute approximate surface area is 114 Å². The third-order valence-electron chi connectivity index (χ3n) is 3.51. The zero-order chi connectivity index (χ0) is 14.0. The van der Waals surface area contributed by atoms with Gasteiger partial charge in [0.25, 0.3) is 0 Å². The summed E-state index contributed by atoms with van der Waals surface area (Å²) in [5.74, 6) is 0.865. The maximum atomic E-state index is 12.5. The molecule has 2 nitrogen and oxygen atoms in total. The largest absolute Gasteiger partial charge is 0.496 e. The zero-order valence-electron chi connectivity index (χ0n) is 11.8. The van der Waals surface area contributed by atoms with Crippen molar-refractivity contribution >= 4 is 5.78 Å². The standard InChI is InChI=1S/C17H18O2/c1-11-6-5-7-15(13(11)3)17(18)14-8-9-16(19-4)12(2)10-14/h5-10H,1-4H3. The predicted molar refractivity (Wildman–Crippen MR) is 77.1 cm³/mol. The van der Waals surface area contributed by atoms with E-state index in [4.69, 9.17) is 4.74 Å². The molecule has 0 saturated heterocycles. The van der Waals surface area contributed by atoms with E-state index in [1.54, 1.807) is 7.11 Å². The van der Waals surface area contributed by atoms with Gasteiger partial charge >= 0.3 is 0 Å². The maximum absolute atomic E-state index is 12.5. The van der Waals surface area contributed by atoms with E-state index in [0.717, 1.165) is 28.0 Å². The van der Waals surface area contributed by atoms with E-state index in [-0.39, 0.29) is 5.78 Å². The van der Waals surface area contributed by atoms with Gasteiger partial charge in [0.05, 0.1) is 7.11 Å². The average molecular weight is 254 g/mol. The van der Waals surface area contributed by atoms with E-state index in [9.17, 15) is 4.79 Å². The van der Waals surface area contributed by atoms with Gasteiger partial charge in [-0.15, -0.1) is 0 Å². The van der Waals surface area contributed by atoms with Gasteiger partial charge in [-0.3, -0.25) is 4.79 Å². The molecule has 19 heavy (non-hydrogen) atoms. The number of aryl methyl sites for hydroxylation is 2. The van der Waals surface area contributed by atoms with Crippen LogP contribution in [0.4, 0.5) is 0 Å². The second-order valence-corrected chi connectivity index (χ2v) is 4.76. The van der Waals surface area contributed by atoms with E-state index >= 15 is 0 Å². The highest BCUT2D eigenvalue weighted by molar-refractivity contribution is 6.10. The van der Waals surface area contributed by atoms with Crippen molar-refractivity contribution in [1.29, 1.82) is 0 Å². The Morgan fingerprint density at radius 3 is 2.37 bits per heavy atom. The molecule has 0 aliphatic rings. The molecule has 0 aliphatic carbocycles. The van der Waals surface area contributed by atoms with Gasteiger partial charge in [0.15, 0.2) is 5.78 Å². The summed E-state index contributed by atoms with van der Waals surface area (Å²) in [7, 11) is 1.63. The van der Waals surface area contributed by atoms with Crippen LogP contribution in [-0.2, 0) is 0 Å². The molecule has 2 rings (SSSR count). The number of rotatable bonds is 3. The third-order valence-corrected chi connectivity index (χ3v) is 3.51. The minimum Gasteiger partial charge on any atom is -0.496 e. The van der Waals surface area contributed by atoms with Crippen LogP contribution >= 0.6 is 0 Å². The van der Waals surface area contributed by atoms with Gasteiger partial charge in [-0.1, -0.05) is 18.2 Å². The third kappa shape index (κ3) is 2.53. The van der Waals surface area contributed by atoms with Crippen molar-refractivity contribution in [3.8, 4) is 5.75 Å². The Morgan fingerprint density at radius 2 is 1.74 bits per heavy atom. The lowest BCUT2D eigenvalue weighted by atomic mass is 9.95. The number of hydrogen-bond donors (Lipinski definition) is 0. The molecule has 2 heteroatoms. The van der Waals surface area contributed by atoms with Crippen LogP contribution in [-0.4, -0.2) is 12.9 Å². The maximum Gasteiger partial charge on any atom is 0.193 e. The summed E-state index contributed by atoms with van der Waals surface area (Å²) in [5.41, 5.74) is 4.62. The van der Waals surface area contributed by atoms with Crippen molar-refractivity contribution in [2.45, 2.75) is 20.8 Å². The molecule has 0 radical (unpaired) electrons. The van der Waals surface area contributed by atoms with Crippen molar-refractivity contribution in [2.24, 2.45) is 0 Å². The topological polar surface area (TPSA) is 26.3 Å². The number of ketones is 1. The van der Waals surface area contributed by atoms with Gasteiger partial charge in [-0.05, 0) is 55.7 Å². The first kappa shape index (κ1) is 13.3. The minimum atomic E-state index is 0.0620. The van der Waals surface area contributed by atoms with E-state index in [2.05, 4.69) is 0 Å². The highest BCUT2D eigenvalue weighted by Gasteiger charge is 2.13. The van der Waals surface area contributed by atoms with Crippen LogP contribution in [0.3, 0.4) is 0 Å².